The SMILES string of the molecule is O=S(=O)(c1ccc(Cl)cc1)N1CCC[C@H](c2nc3ccccc3s2)C1. The molecule has 0 spiro atoms. The second-order valence-electron chi connectivity index (χ2n) is 6.18. The summed E-state index contributed by atoms with van der Waals surface area (Å²) < 4.78 is 28.6. The molecule has 1 aliphatic heterocycles. The molecule has 3 aromatic rings. The number of benzene rings is 2. The highest BCUT2D eigenvalue weighted by Gasteiger charge is 2.32. The Kier molecular flexibility index (Phi) is 4.54. The lowest BCUT2D eigenvalue weighted by atomic mass is 10.0. The van der Waals surface area contributed by atoms with Gasteiger partial charge in [0.2, 0.25) is 10.0 Å². The van der Waals surface area contributed by atoms with Gasteiger partial charge in [0, 0.05) is 24.0 Å². The van der Waals surface area contributed by atoms with Crippen LogP contribution in [0.5, 0.6) is 0 Å². The van der Waals surface area contributed by atoms with Crippen molar-refractivity contribution in [3.63, 3.8) is 0 Å². The molecule has 1 aromatic heterocycles. The molecule has 0 bridgehead atoms. The number of piperidine rings is 1. The lowest BCUT2D eigenvalue weighted by molar-refractivity contribution is 0.315. The summed E-state index contributed by atoms with van der Waals surface area (Å²) in [6, 6.07) is 14.4. The monoisotopic (exact) mass is 392 g/mol. The summed E-state index contributed by atoms with van der Waals surface area (Å²) in [7, 11) is -3.50. The molecule has 0 unspecified atom stereocenters. The summed E-state index contributed by atoms with van der Waals surface area (Å²) >= 11 is 7.54. The zero-order valence-corrected chi connectivity index (χ0v) is 15.8. The van der Waals surface area contributed by atoms with Gasteiger partial charge < -0.3 is 0 Å². The van der Waals surface area contributed by atoms with Crippen molar-refractivity contribution >= 4 is 43.2 Å². The Labute approximate surface area is 156 Å². The number of sulfonamides is 1. The standard InChI is InChI=1S/C18H17ClN2O2S2/c19-14-7-9-15(10-8-14)25(22,23)21-11-3-4-13(12-21)18-20-16-5-1-2-6-17(16)24-18/h1-2,5-10,13H,3-4,11-12H2/t13-/m0/s1. The summed E-state index contributed by atoms with van der Waals surface area (Å²) in [6.45, 7) is 1.02. The summed E-state index contributed by atoms with van der Waals surface area (Å²) in [5.41, 5.74) is 0.986. The van der Waals surface area contributed by atoms with Crippen LogP contribution in [0.2, 0.25) is 5.02 Å². The van der Waals surface area contributed by atoms with Crippen LogP contribution in [0, 0.1) is 0 Å². The Balaban J connectivity index is 1.61. The Bertz CT molecular complexity index is 966. The minimum Gasteiger partial charge on any atom is -0.241 e. The lowest BCUT2D eigenvalue weighted by Crippen LogP contribution is -2.39. The van der Waals surface area contributed by atoms with Crippen LogP contribution in [0.25, 0.3) is 10.2 Å². The maximum Gasteiger partial charge on any atom is 0.243 e. The molecule has 4 nitrogen and oxygen atoms in total. The Hall–Kier alpha value is -1.47. The molecule has 1 aliphatic rings. The molecule has 2 heterocycles. The number of halogens is 1. The Morgan fingerprint density at radius 2 is 1.88 bits per heavy atom. The minimum absolute atomic E-state index is 0.147. The number of hydrogen-bond donors (Lipinski definition) is 0. The third kappa shape index (κ3) is 3.31. The topological polar surface area (TPSA) is 50.3 Å². The van der Waals surface area contributed by atoms with Crippen LogP contribution < -0.4 is 0 Å². The van der Waals surface area contributed by atoms with Gasteiger partial charge >= 0.3 is 0 Å². The van der Waals surface area contributed by atoms with Crippen molar-refractivity contribution in [1.82, 2.24) is 9.29 Å². The molecule has 0 saturated carbocycles. The zero-order valence-electron chi connectivity index (χ0n) is 13.4. The molecule has 7 heteroatoms. The van der Waals surface area contributed by atoms with Crippen molar-refractivity contribution in [3.05, 3.63) is 58.6 Å². The molecule has 0 aliphatic carbocycles. The lowest BCUT2D eigenvalue weighted by Gasteiger charge is -2.31. The maximum absolute atomic E-state index is 12.9. The first-order valence-corrected chi connectivity index (χ1v) is 10.8. The molecule has 0 amide bonds. The van der Waals surface area contributed by atoms with Crippen LogP contribution in [0.1, 0.15) is 23.8 Å². The molecule has 1 fully saturated rings. The Morgan fingerprint density at radius 1 is 1.12 bits per heavy atom. The zero-order chi connectivity index (χ0) is 17.4. The average Bonchev–Trinajstić information content (AvgIpc) is 3.06. The fourth-order valence-electron chi connectivity index (χ4n) is 3.18. The molecule has 130 valence electrons. The van der Waals surface area contributed by atoms with E-state index in [-0.39, 0.29) is 5.92 Å². The average molecular weight is 393 g/mol. The van der Waals surface area contributed by atoms with Crippen LogP contribution in [0.15, 0.2) is 53.4 Å². The number of rotatable bonds is 3. The number of aromatic nitrogens is 1. The van der Waals surface area contributed by atoms with Crippen molar-refractivity contribution in [2.45, 2.75) is 23.7 Å². The molecule has 4 rings (SSSR count). The third-order valence-corrected chi connectivity index (χ3v) is 7.83. The fraction of sp³-hybridized carbons (Fsp3) is 0.278. The molecular weight excluding hydrogens is 376 g/mol. The quantitative estimate of drug-likeness (QED) is 0.658. The van der Waals surface area contributed by atoms with Crippen LogP contribution >= 0.6 is 22.9 Å². The van der Waals surface area contributed by atoms with Crippen LogP contribution in [-0.4, -0.2) is 30.8 Å². The van der Waals surface area contributed by atoms with E-state index in [0.717, 1.165) is 28.1 Å². The van der Waals surface area contributed by atoms with Gasteiger partial charge in [0.05, 0.1) is 20.1 Å². The van der Waals surface area contributed by atoms with E-state index in [1.807, 2.05) is 18.2 Å². The molecule has 1 atom stereocenters. The first-order valence-electron chi connectivity index (χ1n) is 8.15. The number of hydrogen-bond acceptors (Lipinski definition) is 4. The maximum atomic E-state index is 12.9. The van der Waals surface area contributed by atoms with Crippen molar-refractivity contribution in [2.24, 2.45) is 0 Å². The predicted octanol–water partition coefficient (Wildman–Crippen LogP) is 4.52. The fourth-order valence-corrected chi connectivity index (χ4v) is 5.93. The first kappa shape index (κ1) is 17.0. The van der Waals surface area contributed by atoms with Gasteiger partial charge in [0.25, 0.3) is 0 Å². The van der Waals surface area contributed by atoms with Gasteiger partial charge in [-0.2, -0.15) is 4.31 Å². The number of para-hydroxylation sites is 1. The van der Waals surface area contributed by atoms with Gasteiger partial charge in [-0.15, -0.1) is 11.3 Å². The van der Waals surface area contributed by atoms with E-state index in [1.165, 1.54) is 0 Å². The van der Waals surface area contributed by atoms with Gasteiger partial charge in [0.15, 0.2) is 0 Å². The molecule has 2 aromatic carbocycles. The summed E-state index contributed by atoms with van der Waals surface area (Å²) in [5.74, 6) is 0.147. The van der Waals surface area contributed by atoms with Crippen LogP contribution in [-0.2, 0) is 10.0 Å². The molecule has 1 saturated heterocycles. The van der Waals surface area contributed by atoms with Gasteiger partial charge in [-0.3, -0.25) is 0 Å². The van der Waals surface area contributed by atoms with E-state index in [0.29, 0.717) is 23.0 Å². The molecule has 0 N–H and O–H groups in total. The van der Waals surface area contributed by atoms with Crippen molar-refractivity contribution < 1.29 is 8.42 Å². The highest BCUT2D eigenvalue weighted by molar-refractivity contribution is 7.89. The first-order chi connectivity index (χ1) is 12.0. The van der Waals surface area contributed by atoms with E-state index in [9.17, 15) is 8.42 Å². The van der Waals surface area contributed by atoms with Gasteiger partial charge in [-0.25, -0.2) is 13.4 Å². The number of fused-ring (bicyclic) bond motifs is 1. The van der Waals surface area contributed by atoms with Gasteiger partial charge in [-0.05, 0) is 49.2 Å². The van der Waals surface area contributed by atoms with Crippen molar-refractivity contribution in [3.8, 4) is 0 Å². The largest absolute Gasteiger partial charge is 0.243 e. The van der Waals surface area contributed by atoms with Crippen LogP contribution in [0.4, 0.5) is 0 Å². The highest BCUT2D eigenvalue weighted by Crippen LogP contribution is 2.34. The van der Waals surface area contributed by atoms with Gasteiger partial charge in [-0.1, -0.05) is 23.7 Å². The van der Waals surface area contributed by atoms with E-state index >= 15 is 0 Å². The van der Waals surface area contributed by atoms with E-state index in [1.54, 1.807) is 39.9 Å². The second kappa shape index (κ2) is 6.68. The predicted molar refractivity (Wildman–Crippen MR) is 102 cm³/mol. The number of thiazole rings is 1. The van der Waals surface area contributed by atoms with Crippen LogP contribution in [0.3, 0.4) is 0 Å². The smallest absolute Gasteiger partial charge is 0.241 e. The molecule has 25 heavy (non-hydrogen) atoms. The second-order valence-corrected chi connectivity index (χ2v) is 9.61. The van der Waals surface area contributed by atoms with Crippen molar-refractivity contribution in [2.75, 3.05) is 13.1 Å². The minimum atomic E-state index is -3.50. The summed E-state index contributed by atoms with van der Waals surface area (Å²) in [4.78, 5) is 5.01. The Morgan fingerprint density at radius 3 is 2.64 bits per heavy atom. The third-order valence-electron chi connectivity index (χ3n) is 4.50. The van der Waals surface area contributed by atoms with Gasteiger partial charge in [0.1, 0.15) is 0 Å². The van der Waals surface area contributed by atoms with E-state index < -0.39 is 10.0 Å². The number of nitrogens with zero attached hydrogens (tertiary/aromatic N) is 2. The molecule has 0 radical (unpaired) electrons. The van der Waals surface area contributed by atoms with Crippen molar-refractivity contribution in [1.29, 1.82) is 0 Å². The van der Waals surface area contributed by atoms with E-state index in [2.05, 4.69) is 6.07 Å². The molecular formula is C18H17ClN2O2S2. The highest BCUT2D eigenvalue weighted by atomic mass is 35.5. The summed E-state index contributed by atoms with van der Waals surface area (Å²) in [6.07, 6.45) is 1.81. The van der Waals surface area contributed by atoms with E-state index in [4.69, 9.17) is 16.6 Å². The summed E-state index contributed by atoms with van der Waals surface area (Å²) in [5, 5.41) is 1.56. The normalized spacial score (nSPS) is 19.3.